The van der Waals surface area contributed by atoms with E-state index in [4.69, 9.17) is 4.52 Å². The minimum atomic E-state index is -3.32. The highest BCUT2D eigenvalue weighted by atomic mass is 31.2. The monoisotopic (exact) mass is 413 g/mol. The topological polar surface area (TPSA) is 66.8 Å². The van der Waals surface area contributed by atoms with Crippen LogP contribution in [0.4, 0.5) is 4.79 Å². The molecule has 0 spiro atoms. The molecule has 5 nitrogen and oxygen atoms in total. The van der Waals surface area contributed by atoms with Gasteiger partial charge in [-0.05, 0) is 30.9 Å². The van der Waals surface area contributed by atoms with Crippen molar-refractivity contribution >= 4 is 13.5 Å². The van der Waals surface area contributed by atoms with Crippen LogP contribution in [0.15, 0.2) is 73.3 Å². The van der Waals surface area contributed by atoms with Crippen LogP contribution < -0.4 is 0 Å². The van der Waals surface area contributed by atoms with Gasteiger partial charge in [-0.1, -0.05) is 66.7 Å². The Kier molecular flexibility index (Phi) is 6.61. The number of rotatable bonds is 10. The van der Waals surface area contributed by atoms with Gasteiger partial charge >= 0.3 is 6.09 Å². The summed E-state index contributed by atoms with van der Waals surface area (Å²) in [5.74, 6) is -0.185. The second-order valence-corrected chi connectivity index (χ2v) is 10.2. The van der Waals surface area contributed by atoms with Crippen LogP contribution in [0.2, 0.25) is 0 Å². The molecule has 1 amide bonds. The molecule has 2 aromatic carbocycles. The molecule has 0 heterocycles. The van der Waals surface area contributed by atoms with Gasteiger partial charge in [0.2, 0.25) is 7.37 Å². The Balaban J connectivity index is 1.95. The number of hydrogen-bond acceptors (Lipinski definition) is 3. The number of amides is 1. The van der Waals surface area contributed by atoms with Crippen molar-refractivity contribution < 1.29 is 19.0 Å². The third-order valence-corrected chi connectivity index (χ3v) is 9.01. The lowest BCUT2D eigenvalue weighted by atomic mass is 10.2. The SMILES string of the molecule is C=C[C@@H]1C[C@@]1(N(Cc1ccccc1)C(=O)O)P(=O)(CCc1ccccc1)OCC. The van der Waals surface area contributed by atoms with Crippen molar-refractivity contribution in [2.45, 2.75) is 31.6 Å². The number of aryl methyl sites for hydroxylation is 1. The third-order valence-electron chi connectivity index (χ3n) is 5.59. The lowest BCUT2D eigenvalue weighted by Crippen LogP contribution is -2.43. The molecule has 1 aliphatic carbocycles. The Morgan fingerprint density at radius 2 is 1.79 bits per heavy atom. The Morgan fingerprint density at radius 1 is 1.21 bits per heavy atom. The molecule has 0 radical (unpaired) electrons. The summed E-state index contributed by atoms with van der Waals surface area (Å²) in [5, 5.41) is 9.00. The van der Waals surface area contributed by atoms with Crippen molar-refractivity contribution in [2.24, 2.45) is 5.92 Å². The molecule has 6 heteroatoms. The fraction of sp³-hybridized carbons (Fsp3) is 0.348. The number of nitrogens with zero attached hydrogens (tertiary/aromatic N) is 1. The van der Waals surface area contributed by atoms with Crippen molar-refractivity contribution in [3.63, 3.8) is 0 Å². The number of carboxylic acid groups (broad SMARTS) is 1. The van der Waals surface area contributed by atoms with E-state index in [0.29, 0.717) is 19.0 Å². The molecule has 0 aliphatic heterocycles. The molecule has 1 aliphatic rings. The predicted octanol–water partition coefficient (Wildman–Crippen LogP) is 5.63. The first-order valence-corrected chi connectivity index (χ1v) is 11.7. The first kappa shape index (κ1) is 21.4. The van der Waals surface area contributed by atoms with Gasteiger partial charge in [-0.3, -0.25) is 9.46 Å². The number of benzene rings is 2. The Hall–Kier alpha value is -2.36. The third kappa shape index (κ3) is 4.31. The van der Waals surface area contributed by atoms with Gasteiger partial charge in [0.1, 0.15) is 5.28 Å². The molecule has 0 saturated heterocycles. The largest absolute Gasteiger partial charge is 0.465 e. The number of hydrogen-bond donors (Lipinski definition) is 1. The predicted molar refractivity (Wildman–Crippen MR) is 115 cm³/mol. The number of carbonyl (C=O) groups is 1. The molecule has 154 valence electrons. The van der Waals surface area contributed by atoms with Gasteiger partial charge in [-0.25, -0.2) is 4.79 Å². The zero-order chi connectivity index (χ0) is 20.9. The van der Waals surface area contributed by atoms with E-state index in [0.717, 1.165) is 11.1 Å². The standard InChI is InChI=1S/C23H28NO4P/c1-3-21-17-23(21,24(22(25)26)18-20-13-9-6-10-14-20)29(27,28-4-2)16-15-19-11-7-5-8-12-19/h3,5-14,21H,1,4,15-18H2,2H3,(H,25,26)/t21-,23-,29?/m1/s1. The van der Waals surface area contributed by atoms with Gasteiger partial charge < -0.3 is 9.63 Å². The van der Waals surface area contributed by atoms with Crippen LogP contribution in [-0.2, 0) is 22.1 Å². The van der Waals surface area contributed by atoms with Gasteiger partial charge in [-0.15, -0.1) is 6.58 Å². The minimum Gasteiger partial charge on any atom is -0.465 e. The summed E-state index contributed by atoms with van der Waals surface area (Å²) in [6.07, 6.45) is 1.98. The molecule has 3 atom stereocenters. The van der Waals surface area contributed by atoms with Crippen LogP contribution >= 0.6 is 7.37 Å². The van der Waals surface area contributed by atoms with Crippen LogP contribution in [0.25, 0.3) is 0 Å². The molecule has 1 saturated carbocycles. The fourth-order valence-electron chi connectivity index (χ4n) is 4.06. The smallest absolute Gasteiger partial charge is 0.408 e. The molecule has 29 heavy (non-hydrogen) atoms. The van der Waals surface area contributed by atoms with Crippen molar-refractivity contribution in [2.75, 3.05) is 12.8 Å². The van der Waals surface area contributed by atoms with E-state index < -0.39 is 18.7 Å². The Morgan fingerprint density at radius 3 is 2.28 bits per heavy atom. The highest BCUT2D eigenvalue weighted by molar-refractivity contribution is 7.61. The van der Waals surface area contributed by atoms with Crippen LogP contribution in [-0.4, -0.2) is 34.1 Å². The van der Waals surface area contributed by atoms with Crippen molar-refractivity contribution in [3.8, 4) is 0 Å². The summed E-state index contributed by atoms with van der Waals surface area (Å²) in [4.78, 5) is 13.6. The maximum Gasteiger partial charge on any atom is 0.408 e. The van der Waals surface area contributed by atoms with Gasteiger partial charge in [0, 0.05) is 12.1 Å². The van der Waals surface area contributed by atoms with Crippen molar-refractivity contribution in [1.29, 1.82) is 0 Å². The zero-order valence-corrected chi connectivity index (χ0v) is 17.6. The van der Waals surface area contributed by atoms with E-state index >= 15 is 0 Å². The maximum absolute atomic E-state index is 14.2. The molecular formula is C23H28NO4P. The normalized spacial score (nSPS) is 22.4. The van der Waals surface area contributed by atoms with E-state index in [1.165, 1.54) is 4.90 Å². The quantitative estimate of drug-likeness (QED) is 0.405. The summed E-state index contributed by atoms with van der Waals surface area (Å²) >= 11 is 0. The average Bonchev–Trinajstić information content (AvgIpc) is 3.48. The van der Waals surface area contributed by atoms with Crippen LogP contribution in [0, 0.1) is 5.92 Å². The van der Waals surface area contributed by atoms with E-state index in [1.54, 1.807) is 13.0 Å². The summed E-state index contributed by atoms with van der Waals surface area (Å²) < 4.78 is 20.1. The molecule has 1 unspecified atom stereocenters. The summed E-state index contributed by atoms with van der Waals surface area (Å²) in [6.45, 7) is 6.11. The Bertz CT molecular complexity index is 886. The van der Waals surface area contributed by atoms with Crippen LogP contribution in [0.5, 0.6) is 0 Å². The Labute approximate surface area is 172 Å². The lowest BCUT2D eigenvalue weighted by molar-refractivity contribution is 0.123. The van der Waals surface area contributed by atoms with E-state index in [2.05, 4.69) is 6.58 Å². The van der Waals surface area contributed by atoms with E-state index in [9.17, 15) is 14.5 Å². The summed E-state index contributed by atoms with van der Waals surface area (Å²) in [6, 6.07) is 19.2. The first-order chi connectivity index (χ1) is 14.0. The molecule has 3 rings (SSSR count). The van der Waals surface area contributed by atoms with Crippen LogP contribution in [0.3, 0.4) is 0 Å². The average molecular weight is 413 g/mol. The van der Waals surface area contributed by atoms with Crippen molar-refractivity contribution in [1.82, 2.24) is 4.90 Å². The maximum atomic E-state index is 14.2. The molecule has 1 fully saturated rings. The molecule has 0 aromatic heterocycles. The van der Waals surface area contributed by atoms with Crippen LogP contribution in [0.1, 0.15) is 24.5 Å². The van der Waals surface area contributed by atoms with Crippen molar-refractivity contribution in [3.05, 3.63) is 84.4 Å². The molecular weight excluding hydrogens is 385 g/mol. The van der Waals surface area contributed by atoms with E-state index in [-0.39, 0.29) is 19.1 Å². The van der Waals surface area contributed by atoms with Gasteiger partial charge in [0.25, 0.3) is 0 Å². The second-order valence-electron chi connectivity index (χ2n) is 7.33. The van der Waals surface area contributed by atoms with E-state index in [1.807, 2.05) is 60.7 Å². The van der Waals surface area contributed by atoms with Gasteiger partial charge in [0.05, 0.1) is 13.2 Å². The van der Waals surface area contributed by atoms with Gasteiger partial charge in [0.15, 0.2) is 0 Å². The molecule has 0 bridgehead atoms. The molecule has 1 N–H and O–H groups in total. The summed E-state index contributed by atoms with van der Waals surface area (Å²) in [7, 11) is -3.32. The highest BCUT2D eigenvalue weighted by Crippen LogP contribution is 2.75. The minimum absolute atomic E-state index is 0.170. The highest BCUT2D eigenvalue weighted by Gasteiger charge is 2.69. The zero-order valence-electron chi connectivity index (χ0n) is 16.7. The van der Waals surface area contributed by atoms with Gasteiger partial charge in [-0.2, -0.15) is 0 Å². The second kappa shape index (κ2) is 8.98. The fourth-order valence-corrected chi connectivity index (χ4v) is 7.38. The first-order valence-electron chi connectivity index (χ1n) is 9.91. The lowest BCUT2D eigenvalue weighted by Gasteiger charge is -2.36. The molecule has 2 aromatic rings. The summed E-state index contributed by atoms with van der Waals surface area (Å²) in [5.41, 5.74) is 1.92.